The number of amides is 3. The van der Waals surface area contributed by atoms with Gasteiger partial charge >= 0.3 is 0 Å². The highest BCUT2D eigenvalue weighted by Crippen LogP contribution is 2.33. The van der Waals surface area contributed by atoms with Crippen molar-refractivity contribution in [3.8, 4) is 10.6 Å². The molecule has 8 heteroatoms. The summed E-state index contributed by atoms with van der Waals surface area (Å²) in [5.41, 5.74) is 4.23. The molecule has 1 atom stereocenters. The van der Waals surface area contributed by atoms with Crippen molar-refractivity contribution in [1.82, 2.24) is 9.88 Å². The van der Waals surface area contributed by atoms with E-state index >= 15 is 0 Å². The summed E-state index contributed by atoms with van der Waals surface area (Å²) in [6, 6.07) is 19.6. The third-order valence-corrected chi connectivity index (χ3v) is 7.55. The molecule has 0 saturated carbocycles. The van der Waals surface area contributed by atoms with Crippen molar-refractivity contribution in [2.75, 3.05) is 4.90 Å². The summed E-state index contributed by atoms with van der Waals surface area (Å²) >= 11 is 7.86. The lowest BCUT2D eigenvalue weighted by Gasteiger charge is -2.27. The van der Waals surface area contributed by atoms with E-state index in [0.29, 0.717) is 10.7 Å². The second-order valence-electron chi connectivity index (χ2n) is 8.56. The zero-order valence-electron chi connectivity index (χ0n) is 19.2. The van der Waals surface area contributed by atoms with Gasteiger partial charge in [0.25, 0.3) is 5.91 Å². The Hall–Kier alpha value is -3.55. The number of fused-ring (bicyclic) bond motifs is 1. The molecule has 1 unspecified atom stereocenters. The van der Waals surface area contributed by atoms with Crippen LogP contribution in [0.25, 0.3) is 20.8 Å². The lowest BCUT2D eigenvalue weighted by Crippen LogP contribution is -2.44. The van der Waals surface area contributed by atoms with Gasteiger partial charge in [0.2, 0.25) is 11.8 Å². The number of aryl methyl sites for hydroxylation is 1. The van der Waals surface area contributed by atoms with Crippen molar-refractivity contribution < 1.29 is 14.4 Å². The highest BCUT2D eigenvalue weighted by Gasteiger charge is 2.43. The molecule has 5 rings (SSSR count). The fourth-order valence-electron chi connectivity index (χ4n) is 4.29. The first-order valence-electron chi connectivity index (χ1n) is 11.2. The molecular formula is C27H22ClN3O3S. The summed E-state index contributed by atoms with van der Waals surface area (Å²) in [5.74, 6) is -1.05. The van der Waals surface area contributed by atoms with E-state index < -0.39 is 11.9 Å². The molecule has 6 nitrogen and oxygen atoms in total. The minimum Gasteiger partial charge on any atom is -0.326 e. The van der Waals surface area contributed by atoms with Crippen LogP contribution in [0.3, 0.4) is 0 Å². The van der Waals surface area contributed by atoms with Crippen LogP contribution < -0.4 is 4.90 Å². The van der Waals surface area contributed by atoms with Crippen molar-refractivity contribution >= 4 is 56.6 Å². The summed E-state index contributed by atoms with van der Waals surface area (Å²) in [7, 11) is 0. The van der Waals surface area contributed by atoms with Gasteiger partial charge in [0.15, 0.2) is 0 Å². The van der Waals surface area contributed by atoms with Crippen molar-refractivity contribution in [2.24, 2.45) is 0 Å². The molecule has 0 N–H and O–H groups in total. The van der Waals surface area contributed by atoms with Gasteiger partial charge in [-0.05, 0) is 60.5 Å². The van der Waals surface area contributed by atoms with E-state index in [1.807, 2.05) is 37.3 Å². The van der Waals surface area contributed by atoms with Crippen LogP contribution in [0.5, 0.6) is 0 Å². The van der Waals surface area contributed by atoms with E-state index in [2.05, 4.69) is 6.07 Å². The Balaban J connectivity index is 1.39. The zero-order chi connectivity index (χ0) is 24.7. The number of carbonyl (C=O) groups excluding carboxylic acids is 3. The third kappa shape index (κ3) is 4.45. The van der Waals surface area contributed by atoms with Crippen LogP contribution in [0.2, 0.25) is 5.02 Å². The van der Waals surface area contributed by atoms with E-state index in [4.69, 9.17) is 16.6 Å². The predicted octanol–water partition coefficient (Wildman–Crippen LogP) is 5.61. The van der Waals surface area contributed by atoms with Crippen LogP contribution in [-0.2, 0) is 20.9 Å². The van der Waals surface area contributed by atoms with Crippen LogP contribution in [-0.4, -0.2) is 33.6 Å². The van der Waals surface area contributed by atoms with Crippen LogP contribution >= 0.6 is 22.9 Å². The third-order valence-electron chi connectivity index (χ3n) is 6.12. The molecule has 1 aliphatic rings. The monoisotopic (exact) mass is 503 g/mol. The minimum absolute atomic E-state index is 0.0676. The molecule has 3 amide bonds. The number of hydrogen-bond donors (Lipinski definition) is 0. The number of rotatable bonds is 5. The largest absolute Gasteiger partial charge is 0.326 e. The van der Waals surface area contributed by atoms with Gasteiger partial charge < -0.3 is 4.90 Å². The van der Waals surface area contributed by atoms with E-state index in [1.165, 1.54) is 22.3 Å². The lowest BCUT2D eigenvalue weighted by atomic mass is 10.1. The highest BCUT2D eigenvalue weighted by atomic mass is 35.5. The average Bonchev–Trinajstić information content (AvgIpc) is 3.38. The molecule has 0 bridgehead atoms. The van der Waals surface area contributed by atoms with Crippen LogP contribution in [0.15, 0.2) is 66.7 Å². The number of thiazole rings is 1. The molecule has 4 aromatic rings. The molecule has 0 spiro atoms. The van der Waals surface area contributed by atoms with Gasteiger partial charge in [-0.1, -0.05) is 35.9 Å². The minimum atomic E-state index is -0.872. The Labute approximate surface area is 211 Å². The maximum Gasteiger partial charge on any atom is 0.257 e. The first-order chi connectivity index (χ1) is 16.8. The van der Waals surface area contributed by atoms with Crippen molar-refractivity contribution in [1.29, 1.82) is 0 Å². The maximum atomic E-state index is 13.3. The summed E-state index contributed by atoms with van der Waals surface area (Å²) in [6.45, 7) is 3.60. The fourth-order valence-corrected chi connectivity index (χ4v) is 5.55. The van der Waals surface area contributed by atoms with Gasteiger partial charge in [-0.25, -0.2) is 9.88 Å². The number of halogens is 1. The van der Waals surface area contributed by atoms with Crippen molar-refractivity contribution in [2.45, 2.75) is 32.9 Å². The molecule has 1 fully saturated rings. The van der Waals surface area contributed by atoms with Gasteiger partial charge in [-0.15, -0.1) is 11.3 Å². The number of imide groups is 1. The fraction of sp³-hybridized carbons (Fsp3) is 0.185. The number of aromatic nitrogens is 1. The van der Waals surface area contributed by atoms with Gasteiger partial charge in [-0.2, -0.15) is 0 Å². The van der Waals surface area contributed by atoms with Crippen LogP contribution in [0.1, 0.15) is 24.5 Å². The number of anilines is 1. The Bertz CT molecular complexity index is 1460. The molecule has 176 valence electrons. The molecule has 0 radical (unpaired) electrons. The standard InChI is InChI=1S/C27H22ClN3O3S/c1-16-7-12-22-24(13-16)35-26(29-22)18-8-10-20(11-9-18)31-25(33)14-23(27(31)34)30(17(2)32)15-19-5-3-4-6-21(19)28/h3-13,23H,14-15H2,1-2H3. The summed E-state index contributed by atoms with van der Waals surface area (Å²) in [5, 5.41) is 1.38. The Kier molecular flexibility index (Phi) is 6.13. The van der Waals surface area contributed by atoms with E-state index in [-0.39, 0.29) is 24.8 Å². The van der Waals surface area contributed by atoms with Gasteiger partial charge in [0.1, 0.15) is 11.0 Å². The normalized spacial score (nSPS) is 15.7. The molecule has 0 aliphatic carbocycles. The molecule has 1 aliphatic heterocycles. The second kappa shape index (κ2) is 9.24. The van der Waals surface area contributed by atoms with E-state index in [9.17, 15) is 14.4 Å². The smallest absolute Gasteiger partial charge is 0.257 e. The summed E-state index contributed by atoms with van der Waals surface area (Å²) < 4.78 is 1.11. The van der Waals surface area contributed by atoms with Gasteiger partial charge in [0, 0.05) is 24.1 Å². The number of carbonyl (C=O) groups is 3. The molecular weight excluding hydrogens is 482 g/mol. The molecule has 35 heavy (non-hydrogen) atoms. The van der Waals surface area contributed by atoms with Gasteiger partial charge in [0.05, 0.1) is 22.3 Å². The Morgan fingerprint density at radius 3 is 2.57 bits per heavy atom. The average molecular weight is 504 g/mol. The Morgan fingerprint density at radius 2 is 1.86 bits per heavy atom. The van der Waals surface area contributed by atoms with Crippen LogP contribution in [0, 0.1) is 6.92 Å². The van der Waals surface area contributed by atoms with Crippen LogP contribution in [0.4, 0.5) is 5.69 Å². The SMILES string of the molecule is CC(=O)N(Cc1ccccc1Cl)C1CC(=O)N(c2ccc(-c3nc4ccc(C)cc4s3)cc2)C1=O. The zero-order valence-corrected chi connectivity index (χ0v) is 20.8. The maximum absolute atomic E-state index is 13.3. The summed E-state index contributed by atoms with van der Waals surface area (Å²) in [6.07, 6.45) is -0.0676. The van der Waals surface area contributed by atoms with Gasteiger partial charge in [-0.3, -0.25) is 14.4 Å². The van der Waals surface area contributed by atoms with Crippen molar-refractivity contribution in [3.05, 3.63) is 82.9 Å². The second-order valence-corrected chi connectivity index (χ2v) is 10.0. The molecule has 1 saturated heterocycles. The van der Waals surface area contributed by atoms with E-state index in [0.717, 1.165) is 26.4 Å². The number of nitrogens with zero attached hydrogens (tertiary/aromatic N) is 3. The molecule has 3 aromatic carbocycles. The first-order valence-corrected chi connectivity index (χ1v) is 12.4. The predicted molar refractivity (Wildman–Crippen MR) is 138 cm³/mol. The molecule has 2 heterocycles. The quantitative estimate of drug-likeness (QED) is 0.332. The number of benzene rings is 3. The number of hydrogen-bond acceptors (Lipinski definition) is 5. The first kappa shape index (κ1) is 23.2. The highest BCUT2D eigenvalue weighted by molar-refractivity contribution is 7.21. The summed E-state index contributed by atoms with van der Waals surface area (Å²) in [4.78, 5) is 45.9. The Morgan fingerprint density at radius 1 is 1.11 bits per heavy atom. The van der Waals surface area contributed by atoms with E-state index in [1.54, 1.807) is 41.7 Å². The van der Waals surface area contributed by atoms with Crippen molar-refractivity contribution in [3.63, 3.8) is 0 Å². The topological polar surface area (TPSA) is 70.6 Å². The molecule has 1 aromatic heterocycles. The lowest BCUT2D eigenvalue weighted by molar-refractivity contribution is -0.137.